The van der Waals surface area contributed by atoms with Crippen molar-refractivity contribution in [3.63, 3.8) is 0 Å². The number of thiazole rings is 1. The van der Waals surface area contributed by atoms with Crippen LogP contribution < -0.4 is 19.5 Å². The summed E-state index contributed by atoms with van der Waals surface area (Å²) in [6.07, 6.45) is 0. The second-order valence-electron chi connectivity index (χ2n) is 6.44. The van der Waals surface area contributed by atoms with Crippen LogP contribution in [0, 0.1) is 0 Å². The van der Waals surface area contributed by atoms with Crippen LogP contribution >= 0.6 is 11.3 Å². The first-order valence-electron chi connectivity index (χ1n) is 9.27. The van der Waals surface area contributed by atoms with Crippen molar-refractivity contribution in [3.8, 4) is 17.2 Å². The molecule has 6 nitrogen and oxygen atoms in total. The molecule has 7 heteroatoms. The van der Waals surface area contributed by atoms with Crippen LogP contribution in [-0.4, -0.2) is 25.1 Å². The number of para-hydroxylation sites is 2. The lowest BCUT2D eigenvalue weighted by atomic mass is 10.1. The molecule has 0 fully saturated rings. The number of benzene rings is 3. The molecule has 0 saturated carbocycles. The summed E-state index contributed by atoms with van der Waals surface area (Å²) in [4.78, 5) is 17.0. The molecule has 0 bridgehead atoms. The van der Waals surface area contributed by atoms with E-state index >= 15 is 0 Å². The zero-order valence-corrected chi connectivity index (χ0v) is 17.4. The van der Waals surface area contributed by atoms with Crippen LogP contribution in [0.5, 0.6) is 17.2 Å². The molecule has 0 unspecified atom stereocenters. The van der Waals surface area contributed by atoms with Gasteiger partial charge in [-0.1, -0.05) is 35.6 Å². The average Bonchev–Trinajstić information content (AvgIpc) is 3.19. The number of aromatic nitrogens is 1. The van der Waals surface area contributed by atoms with Crippen LogP contribution in [0.2, 0.25) is 0 Å². The molecule has 4 rings (SSSR count). The van der Waals surface area contributed by atoms with Gasteiger partial charge >= 0.3 is 0 Å². The number of carbonyl (C=O) groups excluding carboxylic acids is 1. The maximum absolute atomic E-state index is 12.6. The molecule has 3 aromatic carbocycles. The van der Waals surface area contributed by atoms with E-state index in [1.54, 1.807) is 26.4 Å². The Morgan fingerprint density at radius 1 is 0.967 bits per heavy atom. The summed E-state index contributed by atoms with van der Waals surface area (Å²) >= 11 is 1.41. The number of hydrogen-bond donors (Lipinski definition) is 1. The topological polar surface area (TPSA) is 69.7 Å². The smallest absolute Gasteiger partial charge is 0.257 e. The van der Waals surface area contributed by atoms with Gasteiger partial charge in [-0.2, -0.15) is 0 Å². The number of nitrogens with one attached hydrogen (secondary N) is 1. The molecular weight excluding hydrogens is 400 g/mol. The van der Waals surface area contributed by atoms with E-state index in [1.165, 1.54) is 11.3 Å². The molecule has 0 spiro atoms. The molecule has 0 atom stereocenters. The van der Waals surface area contributed by atoms with E-state index in [2.05, 4.69) is 10.3 Å². The summed E-state index contributed by atoms with van der Waals surface area (Å²) in [5, 5.41) is 3.41. The molecule has 4 aromatic rings. The molecule has 0 aliphatic carbocycles. The molecule has 0 radical (unpaired) electrons. The molecule has 1 N–H and O–H groups in total. The van der Waals surface area contributed by atoms with Crippen molar-refractivity contribution >= 4 is 32.6 Å². The Labute approximate surface area is 178 Å². The van der Waals surface area contributed by atoms with Crippen LogP contribution in [0.1, 0.15) is 15.9 Å². The minimum atomic E-state index is -0.210. The van der Waals surface area contributed by atoms with Crippen LogP contribution in [0.15, 0.2) is 66.7 Å². The van der Waals surface area contributed by atoms with Crippen LogP contribution in [0.25, 0.3) is 10.2 Å². The van der Waals surface area contributed by atoms with Crippen LogP contribution in [0.4, 0.5) is 5.13 Å². The standard InChI is InChI=1S/C23H20N2O4S/c1-27-17-11-12-18-21(13-17)30-23(24-18)25-22(26)16-9-7-15(8-10-16)14-29-20-6-4-3-5-19(20)28-2/h3-13H,14H2,1-2H3,(H,24,25,26). The van der Waals surface area contributed by atoms with Gasteiger partial charge in [-0.3, -0.25) is 10.1 Å². The van der Waals surface area contributed by atoms with Crippen molar-refractivity contribution in [3.05, 3.63) is 77.9 Å². The first kappa shape index (κ1) is 19.7. The van der Waals surface area contributed by atoms with Crippen molar-refractivity contribution in [2.24, 2.45) is 0 Å². The van der Waals surface area contributed by atoms with Gasteiger partial charge in [0.1, 0.15) is 12.4 Å². The zero-order valence-electron chi connectivity index (χ0n) is 16.5. The third-order valence-corrected chi connectivity index (χ3v) is 5.43. The van der Waals surface area contributed by atoms with Crippen molar-refractivity contribution in [1.82, 2.24) is 4.98 Å². The minimum Gasteiger partial charge on any atom is -0.497 e. The van der Waals surface area contributed by atoms with Gasteiger partial charge in [-0.25, -0.2) is 4.98 Å². The number of carbonyl (C=O) groups is 1. The number of fused-ring (bicyclic) bond motifs is 1. The van der Waals surface area contributed by atoms with E-state index in [0.717, 1.165) is 21.5 Å². The van der Waals surface area contributed by atoms with E-state index in [-0.39, 0.29) is 5.91 Å². The second kappa shape index (κ2) is 8.84. The molecule has 0 aliphatic rings. The summed E-state index contributed by atoms with van der Waals surface area (Å²) in [5.74, 6) is 1.91. The molecular formula is C23H20N2O4S. The molecule has 1 heterocycles. The zero-order chi connectivity index (χ0) is 20.9. The van der Waals surface area contributed by atoms with E-state index in [1.807, 2.05) is 54.6 Å². The second-order valence-corrected chi connectivity index (χ2v) is 7.47. The number of anilines is 1. The van der Waals surface area contributed by atoms with Gasteiger partial charge < -0.3 is 14.2 Å². The van der Waals surface area contributed by atoms with Crippen LogP contribution in [-0.2, 0) is 6.61 Å². The largest absolute Gasteiger partial charge is 0.497 e. The first-order chi connectivity index (χ1) is 14.7. The Balaban J connectivity index is 1.40. The fourth-order valence-corrected chi connectivity index (χ4v) is 3.80. The van der Waals surface area contributed by atoms with Crippen molar-refractivity contribution in [2.75, 3.05) is 19.5 Å². The van der Waals surface area contributed by atoms with Crippen molar-refractivity contribution in [1.29, 1.82) is 0 Å². The van der Waals surface area contributed by atoms with Gasteiger partial charge in [0.15, 0.2) is 16.6 Å². The van der Waals surface area contributed by atoms with E-state index in [9.17, 15) is 4.79 Å². The molecule has 152 valence electrons. The summed E-state index contributed by atoms with van der Waals surface area (Å²) < 4.78 is 17.3. The van der Waals surface area contributed by atoms with E-state index in [4.69, 9.17) is 14.2 Å². The molecule has 1 amide bonds. The number of nitrogens with zero attached hydrogens (tertiary/aromatic N) is 1. The Morgan fingerprint density at radius 2 is 1.73 bits per heavy atom. The van der Waals surface area contributed by atoms with Gasteiger partial charge in [0.05, 0.1) is 24.4 Å². The highest BCUT2D eigenvalue weighted by molar-refractivity contribution is 7.22. The maximum atomic E-state index is 12.6. The van der Waals surface area contributed by atoms with Crippen molar-refractivity contribution < 1.29 is 19.0 Å². The first-order valence-corrected chi connectivity index (χ1v) is 10.1. The van der Waals surface area contributed by atoms with Gasteiger partial charge in [-0.05, 0) is 48.0 Å². The highest BCUT2D eigenvalue weighted by atomic mass is 32.1. The fraction of sp³-hybridized carbons (Fsp3) is 0.130. The number of ether oxygens (including phenoxy) is 3. The maximum Gasteiger partial charge on any atom is 0.257 e. The fourth-order valence-electron chi connectivity index (χ4n) is 2.91. The van der Waals surface area contributed by atoms with E-state index in [0.29, 0.717) is 28.8 Å². The molecule has 1 aromatic heterocycles. The quantitative estimate of drug-likeness (QED) is 0.448. The number of hydrogen-bond acceptors (Lipinski definition) is 6. The average molecular weight is 420 g/mol. The predicted molar refractivity (Wildman–Crippen MR) is 118 cm³/mol. The van der Waals surface area contributed by atoms with Gasteiger partial charge in [0.2, 0.25) is 0 Å². The lowest BCUT2D eigenvalue weighted by Gasteiger charge is -2.10. The monoisotopic (exact) mass is 420 g/mol. The Bertz CT molecular complexity index is 1170. The third kappa shape index (κ3) is 4.36. The van der Waals surface area contributed by atoms with Gasteiger partial charge in [-0.15, -0.1) is 0 Å². The highest BCUT2D eigenvalue weighted by Gasteiger charge is 2.11. The number of amides is 1. The Kier molecular flexibility index (Phi) is 5.81. The summed E-state index contributed by atoms with van der Waals surface area (Å²) in [5.41, 5.74) is 2.32. The summed E-state index contributed by atoms with van der Waals surface area (Å²) in [7, 11) is 3.23. The number of rotatable bonds is 7. The predicted octanol–water partition coefficient (Wildman–Crippen LogP) is 5.14. The minimum absolute atomic E-state index is 0.210. The Hall–Kier alpha value is -3.58. The highest BCUT2D eigenvalue weighted by Crippen LogP contribution is 2.29. The number of methoxy groups -OCH3 is 2. The van der Waals surface area contributed by atoms with Gasteiger partial charge in [0.25, 0.3) is 5.91 Å². The molecule has 0 aliphatic heterocycles. The SMILES string of the molecule is COc1ccc2nc(NC(=O)c3ccc(COc4ccccc4OC)cc3)sc2c1. The third-order valence-electron chi connectivity index (χ3n) is 4.50. The van der Waals surface area contributed by atoms with E-state index < -0.39 is 0 Å². The van der Waals surface area contributed by atoms with Gasteiger partial charge in [0, 0.05) is 5.56 Å². The Morgan fingerprint density at radius 3 is 2.47 bits per heavy atom. The lowest BCUT2D eigenvalue weighted by molar-refractivity contribution is 0.102. The summed E-state index contributed by atoms with van der Waals surface area (Å²) in [6.45, 7) is 0.377. The normalized spacial score (nSPS) is 10.6. The molecule has 0 saturated heterocycles. The van der Waals surface area contributed by atoms with Crippen LogP contribution in [0.3, 0.4) is 0 Å². The molecule has 30 heavy (non-hydrogen) atoms. The summed E-state index contributed by atoms with van der Waals surface area (Å²) in [6, 6.07) is 20.4. The lowest BCUT2D eigenvalue weighted by Crippen LogP contribution is -2.11. The van der Waals surface area contributed by atoms with Crippen molar-refractivity contribution in [2.45, 2.75) is 6.61 Å².